The van der Waals surface area contributed by atoms with Gasteiger partial charge < -0.3 is 15.7 Å². The number of carbonyl (C=O) groups is 1. The van der Waals surface area contributed by atoms with Gasteiger partial charge in [0.15, 0.2) is 6.10 Å². The van der Waals surface area contributed by atoms with Crippen LogP contribution in [0, 0.1) is 11.6 Å². The number of aliphatic hydroxyl groups excluding tert-OH is 1. The fraction of sp³-hybridized carbons (Fsp3) is 0.500. The molecule has 2 unspecified atom stereocenters. The van der Waals surface area contributed by atoms with Gasteiger partial charge >= 0.3 is 12.2 Å². The van der Waals surface area contributed by atoms with Crippen LogP contribution in [0.1, 0.15) is 18.9 Å². The molecule has 0 aromatic heterocycles. The van der Waals surface area contributed by atoms with Crippen molar-refractivity contribution in [2.24, 2.45) is 0 Å². The Morgan fingerprint density at radius 1 is 1.26 bits per heavy atom. The molecule has 2 atom stereocenters. The number of hydrogen-bond acceptors (Lipinski definition) is 2. The first-order valence-corrected chi connectivity index (χ1v) is 6.83. The van der Waals surface area contributed by atoms with E-state index in [0.717, 1.165) is 12.1 Å². The third-order valence-electron chi connectivity index (χ3n) is 3.03. The molecule has 0 fully saturated rings. The molecule has 0 aliphatic carbocycles. The van der Waals surface area contributed by atoms with Crippen molar-refractivity contribution in [1.82, 2.24) is 10.6 Å². The van der Waals surface area contributed by atoms with Crippen LogP contribution in [0.15, 0.2) is 18.2 Å². The Balaban J connectivity index is 2.40. The molecule has 130 valence electrons. The monoisotopic (exact) mass is 340 g/mol. The number of alkyl halides is 3. The Morgan fingerprint density at radius 3 is 2.35 bits per heavy atom. The van der Waals surface area contributed by atoms with Crippen LogP contribution in [-0.4, -0.2) is 36.0 Å². The first-order chi connectivity index (χ1) is 10.6. The molecule has 0 spiro atoms. The smallest absolute Gasteiger partial charge is 0.384 e. The Labute approximate surface area is 129 Å². The first-order valence-electron chi connectivity index (χ1n) is 6.83. The van der Waals surface area contributed by atoms with E-state index in [-0.39, 0.29) is 12.0 Å². The Hall–Kier alpha value is -1.90. The molecule has 4 nitrogen and oxygen atoms in total. The highest BCUT2D eigenvalue weighted by molar-refractivity contribution is 5.74. The lowest BCUT2D eigenvalue weighted by Crippen LogP contribution is -2.43. The summed E-state index contributed by atoms with van der Waals surface area (Å²) in [6, 6.07) is 1.95. The minimum atomic E-state index is -4.74. The zero-order valence-electron chi connectivity index (χ0n) is 12.3. The van der Waals surface area contributed by atoms with Gasteiger partial charge in [-0.15, -0.1) is 0 Å². The molecule has 0 aliphatic rings. The van der Waals surface area contributed by atoms with E-state index in [4.69, 9.17) is 5.11 Å². The average Bonchev–Trinajstić information content (AvgIpc) is 2.41. The maximum absolute atomic E-state index is 13.4. The van der Waals surface area contributed by atoms with Gasteiger partial charge in [0.1, 0.15) is 11.6 Å². The lowest BCUT2D eigenvalue weighted by atomic mass is 10.1. The third kappa shape index (κ3) is 6.39. The average molecular weight is 340 g/mol. The molecule has 23 heavy (non-hydrogen) atoms. The van der Waals surface area contributed by atoms with Crippen molar-refractivity contribution in [2.75, 3.05) is 6.54 Å². The summed E-state index contributed by atoms with van der Waals surface area (Å²) in [6.45, 7) is 1.10. The van der Waals surface area contributed by atoms with Crippen LogP contribution in [0.4, 0.5) is 26.7 Å². The largest absolute Gasteiger partial charge is 0.414 e. The van der Waals surface area contributed by atoms with E-state index in [1.165, 1.54) is 13.0 Å². The van der Waals surface area contributed by atoms with Crippen molar-refractivity contribution < 1.29 is 31.9 Å². The summed E-state index contributed by atoms with van der Waals surface area (Å²) in [7, 11) is 0. The van der Waals surface area contributed by atoms with E-state index in [9.17, 15) is 26.7 Å². The number of nitrogens with one attached hydrogen (secondary N) is 2. The summed E-state index contributed by atoms with van der Waals surface area (Å²) in [4.78, 5) is 11.5. The van der Waals surface area contributed by atoms with Crippen molar-refractivity contribution >= 4 is 6.03 Å². The number of rotatable bonds is 6. The third-order valence-corrected chi connectivity index (χ3v) is 3.03. The Kier molecular flexibility index (Phi) is 6.74. The van der Waals surface area contributed by atoms with Gasteiger partial charge in [0.2, 0.25) is 0 Å². The fourth-order valence-corrected chi connectivity index (χ4v) is 1.85. The highest BCUT2D eigenvalue weighted by Gasteiger charge is 2.37. The van der Waals surface area contributed by atoms with Gasteiger partial charge in [-0.3, -0.25) is 0 Å². The minimum Gasteiger partial charge on any atom is -0.384 e. The summed E-state index contributed by atoms with van der Waals surface area (Å²) >= 11 is 0. The van der Waals surface area contributed by atoms with E-state index in [1.807, 2.05) is 0 Å². The summed E-state index contributed by atoms with van der Waals surface area (Å²) in [5.74, 6) is -1.49. The quantitative estimate of drug-likeness (QED) is 0.697. The maximum Gasteiger partial charge on any atom is 0.414 e. The summed E-state index contributed by atoms with van der Waals surface area (Å²) < 4.78 is 63.1. The van der Waals surface area contributed by atoms with Crippen LogP contribution in [0.3, 0.4) is 0 Å². The second-order valence-electron chi connectivity index (χ2n) is 5.05. The number of hydrogen-bond donors (Lipinski definition) is 3. The number of aliphatic hydroxyl groups is 1. The molecular weight excluding hydrogens is 323 g/mol. The van der Waals surface area contributed by atoms with Crippen molar-refractivity contribution in [3.05, 3.63) is 35.4 Å². The molecule has 0 heterocycles. The van der Waals surface area contributed by atoms with E-state index >= 15 is 0 Å². The highest BCUT2D eigenvalue weighted by atomic mass is 19.4. The molecular formula is C14H17F5N2O2. The van der Waals surface area contributed by atoms with Crippen molar-refractivity contribution in [3.8, 4) is 0 Å². The molecule has 0 saturated heterocycles. The standard InChI is InChI=1S/C14H17F5N2O2/c1-8(7-9-10(15)3-2-4-11(9)16)21-13(23)20-6-5-12(22)14(17,18)19/h2-4,8,12,22H,5-7H2,1H3,(H2,20,21,23). The van der Waals surface area contributed by atoms with Crippen LogP contribution in [0.25, 0.3) is 0 Å². The number of halogens is 5. The van der Waals surface area contributed by atoms with Crippen molar-refractivity contribution in [1.29, 1.82) is 0 Å². The molecule has 3 N–H and O–H groups in total. The van der Waals surface area contributed by atoms with Gasteiger partial charge in [-0.05, 0) is 31.9 Å². The van der Waals surface area contributed by atoms with Crippen LogP contribution in [0.5, 0.6) is 0 Å². The molecule has 0 bridgehead atoms. The van der Waals surface area contributed by atoms with Crippen LogP contribution >= 0.6 is 0 Å². The van der Waals surface area contributed by atoms with E-state index in [0.29, 0.717) is 0 Å². The zero-order valence-corrected chi connectivity index (χ0v) is 12.3. The van der Waals surface area contributed by atoms with Gasteiger partial charge in [-0.1, -0.05) is 6.07 Å². The molecule has 0 saturated carbocycles. The maximum atomic E-state index is 13.4. The lowest BCUT2D eigenvalue weighted by molar-refractivity contribution is -0.204. The molecule has 0 radical (unpaired) electrons. The van der Waals surface area contributed by atoms with Gasteiger partial charge in [0.05, 0.1) is 0 Å². The van der Waals surface area contributed by atoms with E-state index in [2.05, 4.69) is 10.6 Å². The van der Waals surface area contributed by atoms with Crippen LogP contribution < -0.4 is 10.6 Å². The highest BCUT2D eigenvalue weighted by Crippen LogP contribution is 2.21. The molecule has 2 amide bonds. The van der Waals surface area contributed by atoms with Gasteiger partial charge in [-0.25, -0.2) is 13.6 Å². The normalized spacial score (nSPS) is 14.2. The minimum absolute atomic E-state index is 0.114. The second kappa shape index (κ2) is 8.09. The van der Waals surface area contributed by atoms with Crippen molar-refractivity contribution in [3.63, 3.8) is 0 Å². The molecule has 1 aromatic rings. The number of carbonyl (C=O) groups excluding carboxylic acids is 1. The number of amides is 2. The molecule has 9 heteroatoms. The second-order valence-corrected chi connectivity index (χ2v) is 5.05. The van der Waals surface area contributed by atoms with Gasteiger partial charge in [-0.2, -0.15) is 13.2 Å². The summed E-state index contributed by atoms with van der Waals surface area (Å²) in [5.41, 5.74) is -0.187. The van der Waals surface area contributed by atoms with Crippen molar-refractivity contribution in [2.45, 2.75) is 38.1 Å². The topological polar surface area (TPSA) is 61.4 Å². The van der Waals surface area contributed by atoms with Gasteiger partial charge in [0, 0.05) is 18.2 Å². The number of urea groups is 1. The Morgan fingerprint density at radius 2 is 1.83 bits per heavy atom. The summed E-state index contributed by atoms with van der Waals surface area (Å²) in [5, 5.41) is 13.2. The SMILES string of the molecule is CC(Cc1c(F)cccc1F)NC(=O)NCCC(O)C(F)(F)F. The molecule has 1 aromatic carbocycles. The predicted octanol–water partition coefficient (Wildman–Crippen LogP) is 2.51. The fourth-order valence-electron chi connectivity index (χ4n) is 1.85. The zero-order chi connectivity index (χ0) is 17.6. The van der Waals surface area contributed by atoms with Gasteiger partial charge in [0.25, 0.3) is 0 Å². The molecule has 1 rings (SSSR count). The van der Waals surface area contributed by atoms with Crippen LogP contribution in [0.2, 0.25) is 0 Å². The van der Waals surface area contributed by atoms with Crippen LogP contribution in [-0.2, 0) is 6.42 Å². The van der Waals surface area contributed by atoms with E-state index < -0.39 is 49.0 Å². The molecule has 0 aliphatic heterocycles. The first kappa shape index (κ1) is 19.1. The summed E-state index contributed by atoms with van der Waals surface area (Å²) in [6.07, 6.45) is -8.06. The Bertz CT molecular complexity index is 516. The predicted molar refractivity (Wildman–Crippen MR) is 72.7 cm³/mol. The van der Waals surface area contributed by atoms with E-state index in [1.54, 1.807) is 0 Å². The number of benzene rings is 1. The lowest BCUT2D eigenvalue weighted by Gasteiger charge is -2.17.